The number of likely N-dealkylation sites (tertiary alicyclic amines) is 1. The molecule has 0 radical (unpaired) electrons. The number of morpholine rings is 1. The van der Waals surface area contributed by atoms with E-state index in [2.05, 4.69) is 17.2 Å². The van der Waals surface area contributed by atoms with Gasteiger partial charge < -0.3 is 10.1 Å². The average molecular weight is 510 g/mol. The molecule has 182 valence electrons. The third-order valence-corrected chi connectivity index (χ3v) is 9.19. The fraction of sp³-hybridized carbons (Fsp3) is 0.444. The van der Waals surface area contributed by atoms with E-state index in [0.717, 1.165) is 51.3 Å². The molecule has 35 heavy (non-hydrogen) atoms. The quantitative estimate of drug-likeness (QED) is 0.509. The summed E-state index contributed by atoms with van der Waals surface area (Å²) in [5.74, 6) is -0.396. The molecule has 0 bridgehead atoms. The first-order valence-electron chi connectivity index (χ1n) is 12.1. The number of pyridine rings is 1. The Morgan fingerprint density at radius 3 is 2.69 bits per heavy atom. The maximum Gasteiger partial charge on any atom is 0.234 e. The number of imide groups is 1. The van der Waals surface area contributed by atoms with Gasteiger partial charge in [0.25, 0.3) is 0 Å². The lowest BCUT2D eigenvalue weighted by molar-refractivity contribution is -0.143. The van der Waals surface area contributed by atoms with Crippen molar-refractivity contribution in [3.63, 3.8) is 0 Å². The summed E-state index contributed by atoms with van der Waals surface area (Å²) < 4.78 is 7.04. The summed E-state index contributed by atoms with van der Waals surface area (Å²) in [6.45, 7) is 8.84. The molecule has 4 heterocycles. The van der Waals surface area contributed by atoms with E-state index in [-0.39, 0.29) is 35.2 Å². The van der Waals surface area contributed by atoms with Crippen molar-refractivity contribution in [1.82, 2.24) is 15.2 Å². The molecule has 8 heteroatoms. The lowest BCUT2D eigenvalue weighted by atomic mass is 9.92. The second kappa shape index (κ2) is 8.37. The smallest absolute Gasteiger partial charge is 0.234 e. The summed E-state index contributed by atoms with van der Waals surface area (Å²) in [5, 5.41) is 4.11. The minimum atomic E-state index is -0.196. The molecule has 3 fully saturated rings. The normalized spacial score (nSPS) is 25.4. The second-order valence-corrected chi connectivity index (χ2v) is 12.0. The standard InChI is InChI=1S/C27H28ClN3O3S/c1-14-8-15(28)9-20(19(14)10-16-12-29-6-7-34-16)18-4-5-30-21-11-17(35-24(18)21)13-31-25(32)22-23(26(31)33)27(22,2)3/h4-5,8-9,11,16,22-23,29H,6-7,10,12-13H2,1-3H3/t16-,22?,23?/m1/s1. The number of carbonyl (C=O) groups is 2. The predicted octanol–water partition coefficient (Wildman–Crippen LogP) is 4.60. The van der Waals surface area contributed by atoms with Crippen LogP contribution in [0.4, 0.5) is 0 Å². The number of fused-ring (bicyclic) bond motifs is 2. The third-order valence-electron chi connectivity index (χ3n) is 7.83. The van der Waals surface area contributed by atoms with Crippen LogP contribution in [0.1, 0.15) is 29.9 Å². The number of piperidine rings is 1. The van der Waals surface area contributed by atoms with Crippen molar-refractivity contribution in [3.05, 3.63) is 51.5 Å². The van der Waals surface area contributed by atoms with Gasteiger partial charge in [0.1, 0.15) is 0 Å². The minimum Gasteiger partial charge on any atom is -0.375 e. The van der Waals surface area contributed by atoms with Gasteiger partial charge in [-0.1, -0.05) is 25.4 Å². The zero-order valence-corrected chi connectivity index (χ0v) is 21.6. The molecule has 1 aromatic carbocycles. The van der Waals surface area contributed by atoms with Crippen LogP contribution in [-0.2, 0) is 27.3 Å². The third kappa shape index (κ3) is 3.80. The van der Waals surface area contributed by atoms with Crippen LogP contribution in [0.3, 0.4) is 0 Å². The topological polar surface area (TPSA) is 71.5 Å². The Kier molecular flexibility index (Phi) is 5.53. The van der Waals surface area contributed by atoms with E-state index in [1.54, 1.807) is 11.3 Å². The molecule has 2 aromatic heterocycles. The minimum absolute atomic E-state index is 0.0375. The van der Waals surface area contributed by atoms with Crippen molar-refractivity contribution in [2.24, 2.45) is 17.3 Å². The summed E-state index contributed by atoms with van der Waals surface area (Å²) in [7, 11) is 0. The highest BCUT2D eigenvalue weighted by molar-refractivity contribution is 7.19. The van der Waals surface area contributed by atoms with Gasteiger partial charge in [0.2, 0.25) is 11.8 Å². The van der Waals surface area contributed by atoms with Gasteiger partial charge >= 0.3 is 0 Å². The lowest BCUT2D eigenvalue weighted by Crippen LogP contribution is -2.39. The molecule has 1 aliphatic carbocycles. The van der Waals surface area contributed by atoms with Gasteiger partial charge in [0.15, 0.2) is 0 Å². The molecular weight excluding hydrogens is 482 g/mol. The van der Waals surface area contributed by atoms with Crippen LogP contribution in [-0.4, -0.2) is 47.5 Å². The van der Waals surface area contributed by atoms with Crippen LogP contribution in [0.25, 0.3) is 21.3 Å². The number of carbonyl (C=O) groups excluding carboxylic acids is 2. The van der Waals surface area contributed by atoms with E-state index in [1.807, 2.05) is 44.3 Å². The number of ether oxygens (including phenoxy) is 1. The number of nitrogens with zero attached hydrogens (tertiary/aromatic N) is 2. The number of nitrogens with one attached hydrogen (secondary N) is 1. The number of aryl methyl sites for hydroxylation is 1. The highest BCUT2D eigenvalue weighted by atomic mass is 35.5. The molecule has 2 saturated heterocycles. The Bertz CT molecular complexity index is 1340. The molecule has 3 aromatic rings. The number of hydrogen-bond acceptors (Lipinski definition) is 6. The SMILES string of the molecule is Cc1cc(Cl)cc(-c2ccnc3cc(CN4C(=O)C5C(C4=O)C5(C)C)sc23)c1C[C@@H]1CNCCO1. The summed E-state index contributed by atoms with van der Waals surface area (Å²) in [4.78, 5) is 32.7. The molecule has 1 N–H and O–H groups in total. The molecule has 3 aliphatic rings. The number of halogens is 1. The maximum absolute atomic E-state index is 12.9. The van der Waals surface area contributed by atoms with Crippen molar-refractivity contribution in [2.75, 3.05) is 19.7 Å². The fourth-order valence-corrected chi connectivity index (χ4v) is 7.26. The molecule has 3 atom stereocenters. The highest BCUT2D eigenvalue weighted by Gasteiger charge is 2.72. The molecular formula is C27H28ClN3O3S. The molecule has 6 rings (SSSR count). The van der Waals surface area contributed by atoms with E-state index in [0.29, 0.717) is 18.2 Å². The largest absolute Gasteiger partial charge is 0.375 e. The summed E-state index contributed by atoms with van der Waals surface area (Å²) in [5.41, 5.74) is 5.18. The Labute approximate surface area is 213 Å². The lowest BCUT2D eigenvalue weighted by Gasteiger charge is -2.25. The Hall–Kier alpha value is -2.32. The van der Waals surface area contributed by atoms with E-state index in [9.17, 15) is 9.59 Å². The van der Waals surface area contributed by atoms with Crippen molar-refractivity contribution >= 4 is 45.0 Å². The molecule has 6 nitrogen and oxygen atoms in total. The number of benzene rings is 1. The molecule has 2 aliphatic heterocycles. The van der Waals surface area contributed by atoms with Crippen LogP contribution in [0.5, 0.6) is 0 Å². The molecule has 1 saturated carbocycles. The van der Waals surface area contributed by atoms with Gasteiger partial charge in [0.05, 0.1) is 41.3 Å². The highest BCUT2D eigenvalue weighted by Crippen LogP contribution is 2.63. The number of rotatable bonds is 5. The van der Waals surface area contributed by atoms with E-state index in [1.165, 1.54) is 10.5 Å². The summed E-state index contributed by atoms with van der Waals surface area (Å²) in [6, 6.07) is 8.06. The van der Waals surface area contributed by atoms with Crippen LogP contribution >= 0.6 is 22.9 Å². The van der Waals surface area contributed by atoms with Gasteiger partial charge in [-0.25, -0.2) is 0 Å². The zero-order chi connectivity index (χ0) is 24.5. The summed E-state index contributed by atoms with van der Waals surface area (Å²) in [6.07, 6.45) is 2.72. The van der Waals surface area contributed by atoms with Gasteiger partial charge in [0, 0.05) is 41.2 Å². The van der Waals surface area contributed by atoms with Crippen LogP contribution in [0.15, 0.2) is 30.5 Å². The zero-order valence-electron chi connectivity index (χ0n) is 20.1. The maximum atomic E-state index is 12.9. The first-order valence-corrected chi connectivity index (χ1v) is 13.3. The first-order chi connectivity index (χ1) is 16.8. The van der Waals surface area contributed by atoms with Gasteiger partial charge in [-0.2, -0.15) is 0 Å². The van der Waals surface area contributed by atoms with Gasteiger partial charge in [-0.15, -0.1) is 11.3 Å². The van der Waals surface area contributed by atoms with Crippen LogP contribution in [0.2, 0.25) is 5.02 Å². The monoisotopic (exact) mass is 509 g/mol. The molecule has 2 unspecified atom stereocenters. The average Bonchev–Trinajstić information content (AvgIpc) is 3.07. The predicted molar refractivity (Wildman–Crippen MR) is 137 cm³/mol. The van der Waals surface area contributed by atoms with E-state index >= 15 is 0 Å². The van der Waals surface area contributed by atoms with E-state index < -0.39 is 0 Å². The Balaban J connectivity index is 1.35. The van der Waals surface area contributed by atoms with Crippen molar-refractivity contribution < 1.29 is 14.3 Å². The molecule has 2 amide bonds. The van der Waals surface area contributed by atoms with Gasteiger partial charge in [-0.3, -0.25) is 19.5 Å². The van der Waals surface area contributed by atoms with Gasteiger partial charge in [-0.05, 0) is 53.3 Å². The number of aromatic nitrogens is 1. The van der Waals surface area contributed by atoms with E-state index in [4.69, 9.17) is 16.3 Å². The number of hydrogen-bond donors (Lipinski definition) is 1. The second-order valence-electron chi connectivity index (χ2n) is 10.5. The molecule has 0 spiro atoms. The Morgan fingerprint density at radius 1 is 1.20 bits per heavy atom. The number of amides is 2. The van der Waals surface area contributed by atoms with Crippen LogP contribution in [0, 0.1) is 24.2 Å². The first kappa shape index (κ1) is 23.1. The van der Waals surface area contributed by atoms with Crippen molar-refractivity contribution in [1.29, 1.82) is 0 Å². The Morgan fingerprint density at radius 2 is 1.97 bits per heavy atom. The van der Waals surface area contributed by atoms with Crippen molar-refractivity contribution in [3.8, 4) is 11.1 Å². The fourth-order valence-electron chi connectivity index (χ4n) is 5.86. The van der Waals surface area contributed by atoms with Crippen LogP contribution < -0.4 is 5.32 Å². The number of thiophene rings is 1. The summed E-state index contributed by atoms with van der Waals surface area (Å²) >= 11 is 8.12. The van der Waals surface area contributed by atoms with Crippen molar-refractivity contribution in [2.45, 2.75) is 39.8 Å².